The van der Waals surface area contributed by atoms with Gasteiger partial charge in [0.25, 0.3) is 0 Å². The first kappa shape index (κ1) is 16.8. The van der Waals surface area contributed by atoms with E-state index in [1.165, 1.54) is 25.9 Å². The molecule has 128 valence electrons. The molecule has 0 aliphatic carbocycles. The number of pyridine rings is 1. The highest BCUT2D eigenvalue weighted by Crippen LogP contribution is 2.20. The lowest BCUT2D eigenvalue weighted by Gasteiger charge is -2.26. The molecular formula is C19H27N5. The van der Waals surface area contributed by atoms with Crippen molar-refractivity contribution in [2.45, 2.75) is 39.7 Å². The second kappa shape index (κ2) is 7.71. The summed E-state index contributed by atoms with van der Waals surface area (Å²) in [6.45, 7) is 9.92. The fourth-order valence-corrected chi connectivity index (χ4v) is 3.34. The number of anilines is 1. The van der Waals surface area contributed by atoms with Crippen molar-refractivity contribution < 1.29 is 0 Å². The Balaban J connectivity index is 1.68. The third kappa shape index (κ3) is 4.29. The highest BCUT2D eigenvalue weighted by atomic mass is 15.2. The van der Waals surface area contributed by atoms with Crippen LogP contribution in [0.3, 0.4) is 0 Å². The zero-order valence-corrected chi connectivity index (χ0v) is 14.9. The van der Waals surface area contributed by atoms with Crippen LogP contribution in [-0.4, -0.2) is 45.5 Å². The summed E-state index contributed by atoms with van der Waals surface area (Å²) in [6, 6.07) is 6.52. The first-order valence-corrected chi connectivity index (χ1v) is 8.86. The number of aromatic nitrogens is 3. The van der Waals surface area contributed by atoms with E-state index in [4.69, 9.17) is 0 Å². The van der Waals surface area contributed by atoms with Crippen LogP contribution in [0.1, 0.15) is 32.4 Å². The van der Waals surface area contributed by atoms with Gasteiger partial charge in [0.2, 0.25) is 0 Å². The smallest absolute Gasteiger partial charge is 0.163 e. The van der Waals surface area contributed by atoms with E-state index in [0.29, 0.717) is 12.0 Å². The second-order valence-corrected chi connectivity index (χ2v) is 7.03. The molecule has 0 spiro atoms. The van der Waals surface area contributed by atoms with Crippen molar-refractivity contribution in [2.24, 2.45) is 5.92 Å². The quantitative estimate of drug-likeness (QED) is 0.882. The van der Waals surface area contributed by atoms with E-state index < -0.39 is 0 Å². The number of hydrogen-bond acceptors (Lipinski definition) is 5. The largest absolute Gasteiger partial charge is 0.368 e. The molecule has 0 saturated carbocycles. The van der Waals surface area contributed by atoms with E-state index in [1.807, 2.05) is 25.1 Å². The molecule has 1 fully saturated rings. The van der Waals surface area contributed by atoms with Gasteiger partial charge in [-0.05, 0) is 44.4 Å². The summed E-state index contributed by atoms with van der Waals surface area (Å²) in [7, 11) is 0. The Bertz CT molecular complexity index is 656. The van der Waals surface area contributed by atoms with Crippen LogP contribution in [0.25, 0.3) is 11.4 Å². The van der Waals surface area contributed by atoms with Crippen LogP contribution in [0, 0.1) is 12.8 Å². The SMILES string of the molecule is Cc1cc(NC[C@@H]2CCCN2CC(C)C)nc(-c2cccnc2)n1. The lowest BCUT2D eigenvalue weighted by molar-refractivity contribution is 0.234. The van der Waals surface area contributed by atoms with Gasteiger partial charge in [-0.3, -0.25) is 9.88 Å². The van der Waals surface area contributed by atoms with Crippen LogP contribution >= 0.6 is 0 Å². The van der Waals surface area contributed by atoms with Gasteiger partial charge in [-0.1, -0.05) is 13.8 Å². The summed E-state index contributed by atoms with van der Waals surface area (Å²) < 4.78 is 0. The Morgan fingerprint density at radius 2 is 2.21 bits per heavy atom. The lowest BCUT2D eigenvalue weighted by Crippen LogP contribution is -2.37. The summed E-state index contributed by atoms with van der Waals surface area (Å²) >= 11 is 0. The monoisotopic (exact) mass is 325 g/mol. The molecule has 1 aliphatic rings. The molecule has 2 aromatic heterocycles. The van der Waals surface area contributed by atoms with Gasteiger partial charge in [0.15, 0.2) is 5.82 Å². The molecule has 1 aliphatic heterocycles. The fourth-order valence-electron chi connectivity index (χ4n) is 3.34. The highest BCUT2D eigenvalue weighted by molar-refractivity contribution is 5.56. The summed E-state index contributed by atoms with van der Waals surface area (Å²) in [5, 5.41) is 3.53. The highest BCUT2D eigenvalue weighted by Gasteiger charge is 2.24. The maximum atomic E-state index is 4.67. The van der Waals surface area contributed by atoms with Gasteiger partial charge in [0.05, 0.1) is 0 Å². The van der Waals surface area contributed by atoms with Crippen LogP contribution in [0.15, 0.2) is 30.6 Å². The number of likely N-dealkylation sites (tertiary alicyclic amines) is 1. The minimum atomic E-state index is 0.601. The average molecular weight is 325 g/mol. The Hall–Kier alpha value is -2.01. The van der Waals surface area contributed by atoms with E-state index in [-0.39, 0.29) is 0 Å². The van der Waals surface area contributed by atoms with Crippen molar-refractivity contribution in [1.29, 1.82) is 0 Å². The van der Waals surface area contributed by atoms with Crippen molar-refractivity contribution in [3.8, 4) is 11.4 Å². The molecule has 5 nitrogen and oxygen atoms in total. The van der Waals surface area contributed by atoms with Gasteiger partial charge >= 0.3 is 0 Å². The topological polar surface area (TPSA) is 53.9 Å². The Kier molecular flexibility index (Phi) is 5.41. The van der Waals surface area contributed by atoms with Gasteiger partial charge in [-0.25, -0.2) is 9.97 Å². The molecule has 0 amide bonds. The molecule has 0 radical (unpaired) electrons. The maximum Gasteiger partial charge on any atom is 0.163 e. The predicted octanol–water partition coefficient (Wildman–Crippen LogP) is 3.38. The van der Waals surface area contributed by atoms with E-state index in [1.54, 1.807) is 12.4 Å². The summed E-state index contributed by atoms with van der Waals surface area (Å²) in [6.07, 6.45) is 6.13. The Morgan fingerprint density at radius 1 is 1.33 bits per heavy atom. The Labute approximate surface area is 144 Å². The maximum absolute atomic E-state index is 4.67. The predicted molar refractivity (Wildman–Crippen MR) is 97.9 cm³/mol. The normalized spacial score (nSPS) is 18.2. The molecule has 0 unspecified atom stereocenters. The molecule has 1 N–H and O–H groups in total. The van der Waals surface area contributed by atoms with Crippen LogP contribution < -0.4 is 5.32 Å². The number of rotatable bonds is 6. The number of aryl methyl sites for hydroxylation is 1. The zero-order valence-electron chi connectivity index (χ0n) is 14.9. The van der Waals surface area contributed by atoms with Crippen molar-refractivity contribution in [3.63, 3.8) is 0 Å². The summed E-state index contributed by atoms with van der Waals surface area (Å²) in [5.74, 6) is 2.35. The van der Waals surface area contributed by atoms with Crippen LogP contribution in [0.4, 0.5) is 5.82 Å². The molecule has 1 saturated heterocycles. The number of hydrogen-bond donors (Lipinski definition) is 1. The molecule has 5 heteroatoms. The number of nitrogens with one attached hydrogen (secondary N) is 1. The first-order chi connectivity index (χ1) is 11.6. The van der Waals surface area contributed by atoms with Crippen molar-refractivity contribution in [3.05, 3.63) is 36.3 Å². The number of nitrogens with zero attached hydrogens (tertiary/aromatic N) is 4. The zero-order chi connectivity index (χ0) is 16.9. The molecule has 3 heterocycles. The van der Waals surface area contributed by atoms with Crippen molar-refractivity contribution in [2.75, 3.05) is 25.0 Å². The van der Waals surface area contributed by atoms with E-state index in [2.05, 4.69) is 39.0 Å². The van der Waals surface area contributed by atoms with Gasteiger partial charge < -0.3 is 5.32 Å². The van der Waals surface area contributed by atoms with E-state index in [0.717, 1.165) is 29.4 Å². The Morgan fingerprint density at radius 3 is 2.96 bits per heavy atom. The molecule has 2 aromatic rings. The molecule has 3 rings (SSSR count). The summed E-state index contributed by atoms with van der Waals surface area (Å²) in [5.41, 5.74) is 1.92. The minimum Gasteiger partial charge on any atom is -0.368 e. The summed E-state index contributed by atoms with van der Waals surface area (Å²) in [4.78, 5) is 16.0. The average Bonchev–Trinajstić information content (AvgIpc) is 2.99. The van der Waals surface area contributed by atoms with Crippen molar-refractivity contribution in [1.82, 2.24) is 19.9 Å². The van der Waals surface area contributed by atoms with Crippen LogP contribution in [0.2, 0.25) is 0 Å². The van der Waals surface area contributed by atoms with Gasteiger partial charge in [-0.2, -0.15) is 0 Å². The first-order valence-electron chi connectivity index (χ1n) is 8.86. The van der Waals surface area contributed by atoms with Crippen molar-refractivity contribution >= 4 is 5.82 Å². The van der Waals surface area contributed by atoms with E-state index >= 15 is 0 Å². The standard InChI is InChI=1S/C19H27N5/c1-14(2)13-24-9-5-7-17(24)12-21-18-10-15(3)22-19(23-18)16-6-4-8-20-11-16/h4,6,8,10-11,14,17H,5,7,9,12-13H2,1-3H3,(H,21,22,23)/t17-/m0/s1. The molecular weight excluding hydrogens is 298 g/mol. The van der Waals surface area contributed by atoms with Gasteiger partial charge in [0, 0.05) is 48.8 Å². The van der Waals surface area contributed by atoms with Crippen LogP contribution in [0.5, 0.6) is 0 Å². The fraction of sp³-hybridized carbons (Fsp3) is 0.526. The molecule has 0 bridgehead atoms. The van der Waals surface area contributed by atoms with E-state index in [9.17, 15) is 0 Å². The van der Waals surface area contributed by atoms with Gasteiger partial charge in [0.1, 0.15) is 5.82 Å². The third-order valence-corrected chi connectivity index (χ3v) is 4.39. The molecule has 24 heavy (non-hydrogen) atoms. The molecule has 1 atom stereocenters. The van der Waals surface area contributed by atoms with Crippen LogP contribution in [-0.2, 0) is 0 Å². The molecule has 0 aromatic carbocycles. The lowest BCUT2D eigenvalue weighted by atomic mass is 10.1. The third-order valence-electron chi connectivity index (χ3n) is 4.39. The second-order valence-electron chi connectivity index (χ2n) is 7.03. The van der Waals surface area contributed by atoms with Gasteiger partial charge in [-0.15, -0.1) is 0 Å². The minimum absolute atomic E-state index is 0.601.